The number of hydrogen-bond acceptors (Lipinski definition) is 5. The molecule has 7 nitrogen and oxygen atoms in total. The number of rotatable bonds is 7. The molecule has 7 heteroatoms. The molecule has 0 saturated heterocycles. The van der Waals surface area contributed by atoms with Gasteiger partial charge in [0.15, 0.2) is 0 Å². The first-order valence-corrected chi connectivity index (χ1v) is 12.3. The lowest BCUT2D eigenvalue weighted by atomic mass is 10.0. The number of para-hydroxylation sites is 1. The lowest BCUT2D eigenvalue weighted by Crippen LogP contribution is -2.43. The number of carbonyl (C=O) groups excluding carboxylic acids is 1. The van der Waals surface area contributed by atoms with Gasteiger partial charge in [0.25, 0.3) is 0 Å². The Morgan fingerprint density at radius 3 is 2.65 bits per heavy atom. The van der Waals surface area contributed by atoms with Gasteiger partial charge in [-0.1, -0.05) is 24.3 Å². The third kappa shape index (κ3) is 6.06. The number of aromatic nitrogens is 3. The van der Waals surface area contributed by atoms with Crippen LogP contribution in [0.2, 0.25) is 0 Å². The fourth-order valence-electron chi connectivity index (χ4n) is 4.30. The van der Waals surface area contributed by atoms with Crippen LogP contribution in [0.25, 0.3) is 32.9 Å². The van der Waals surface area contributed by atoms with Crippen molar-refractivity contribution in [2.75, 3.05) is 6.61 Å². The Labute approximate surface area is 215 Å². The van der Waals surface area contributed by atoms with E-state index in [1.165, 1.54) is 0 Å². The van der Waals surface area contributed by atoms with Gasteiger partial charge in [-0.25, -0.2) is 4.79 Å². The van der Waals surface area contributed by atoms with E-state index in [1.54, 1.807) is 18.6 Å². The molecule has 0 spiro atoms. The van der Waals surface area contributed by atoms with Crippen molar-refractivity contribution in [3.8, 4) is 16.9 Å². The highest BCUT2D eigenvalue weighted by atomic mass is 16.6. The van der Waals surface area contributed by atoms with Gasteiger partial charge in [0.1, 0.15) is 18.0 Å². The lowest BCUT2D eigenvalue weighted by Gasteiger charge is -2.24. The third-order valence-electron chi connectivity index (χ3n) is 5.98. The van der Waals surface area contributed by atoms with E-state index in [1.807, 2.05) is 75.5 Å². The highest BCUT2D eigenvalue weighted by Crippen LogP contribution is 2.26. The van der Waals surface area contributed by atoms with Gasteiger partial charge in [0.05, 0.1) is 17.8 Å². The number of carbonyl (C=O) groups is 1. The molecule has 0 fully saturated rings. The van der Waals surface area contributed by atoms with Gasteiger partial charge in [-0.2, -0.15) is 0 Å². The summed E-state index contributed by atoms with van der Waals surface area (Å²) in [7, 11) is 0. The number of ether oxygens (including phenoxy) is 2. The Morgan fingerprint density at radius 2 is 1.84 bits per heavy atom. The Hall–Kier alpha value is -4.39. The molecule has 0 radical (unpaired) electrons. The van der Waals surface area contributed by atoms with Crippen LogP contribution < -0.4 is 10.1 Å². The van der Waals surface area contributed by atoms with Crippen LogP contribution in [0.4, 0.5) is 4.79 Å². The van der Waals surface area contributed by atoms with E-state index in [-0.39, 0.29) is 12.6 Å². The monoisotopic (exact) mass is 494 g/mol. The van der Waals surface area contributed by atoms with E-state index in [0.29, 0.717) is 12.2 Å². The molecular weight excluding hydrogens is 464 g/mol. The molecule has 3 heterocycles. The van der Waals surface area contributed by atoms with Crippen LogP contribution in [0.15, 0.2) is 85.5 Å². The maximum absolute atomic E-state index is 12.6. The van der Waals surface area contributed by atoms with Crippen molar-refractivity contribution in [2.45, 2.75) is 38.8 Å². The predicted octanol–water partition coefficient (Wildman–Crippen LogP) is 6.29. The molecule has 1 atom stereocenters. The summed E-state index contributed by atoms with van der Waals surface area (Å²) in [5.74, 6) is 0.634. The van der Waals surface area contributed by atoms with Crippen molar-refractivity contribution in [1.29, 1.82) is 0 Å². The summed E-state index contributed by atoms with van der Waals surface area (Å²) in [5.41, 5.74) is 4.61. The molecule has 2 aromatic carbocycles. The number of nitrogens with one attached hydrogen (secondary N) is 2. The zero-order valence-electron chi connectivity index (χ0n) is 21.2. The number of alkyl carbamates (subject to hydrolysis) is 1. The molecule has 0 aliphatic carbocycles. The third-order valence-corrected chi connectivity index (χ3v) is 5.98. The molecule has 37 heavy (non-hydrogen) atoms. The second-order valence-corrected chi connectivity index (χ2v) is 10.0. The molecule has 5 aromatic rings. The molecule has 0 aliphatic heterocycles. The molecule has 188 valence electrons. The topological polar surface area (TPSA) is 89.1 Å². The number of pyridine rings is 2. The summed E-state index contributed by atoms with van der Waals surface area (Å²) in [4.78, 5) is 24.6. The van der Waals surface area contributed by atoms with Crippen molar-refractivity contribution < 1.29 is 14.3 Å². The summed E-state index contributed by atoms with van der Waals surface area (Å²) in [5, 5.41) is 5.08. The summed E-state index contributed by atoms with van der Waals surface area (Å²) in [6.07, 6.45) is 7.36. The van der Waals surface area contributed by atoms with Gasteiger partial charge >= 0.3 is 6.09 Å². The second-order valence-electron chi connectivity index (χ2n) is 10.0. The van der Waals surface area contributed by atoms with Gasteiger partial charge < -0.3 is 19.8 Å². The molecule has 0 aliphatic rings. The predicted molar refractivity (Wildman–Crippen MR) is 146 cm³/mol. The van der Waals surface area contributed by atoms with E-state index in [9.17, 15) is 4.79 Å². The van der Waals surface area contributed by atoms with Crippen LogP contribution in [0.3, 0.4) is 0 Å². The minimum atomic E-state index is -0.592. The van der Waals surface area contributed by atoms with E-state index >= 15 is 0 Å². The SMILES string of the molecule is CC(C)(C)OC(=O)N[C@H](COc1cnc2ccc(-c3ccncc3)cc2c1)Cc1c[nH]c2ccccc12. The van der Waals surface area contributed by atoms with E-state index < -0.39 is 11.7 Å². The number of amides is 1. The summed E-state index contributed by atoms with van der Waals surface area (Å²) < 4.78 is 11.7. The number of aromatic amines is 1. The van der Waals surface area contributed by atoms with Gasteiger partial charge in [0.2, 0.25) is 0 Å². The van der Waals surface area contributed by atoms with E-state index in [0.717, 1.165) is 38.5 Å². The molecule has 3 aromatic heterocycles. The lowest BCUT2D eigenvalue weighted by molar-refractivity contribution is 0.0488. The van der Waals surface area contributed by atoms with Gasteiger partial charge in [-0.15, -0.1) is 0 Å². The normalized spacial score (nSPS) is 12.4. The number of benzene rings is 2. The highest BCUT2D eigenvalue weighted by molar-refractivity contribution is 5.85. The molecule has 0 saturated carbocycles. The average molecular weight is 495 g/mol. The van der Waals surface area contributed by atoms with Crippen LogP contribution >= 0.6 is 0 Å². The van der Waals surface area contributed by atoms with Gasteiger partial charge in [-0.05, 0) is 80.3 Å². The fourth-order valence-corrected chi connectivity index (χ4v) is 4.30. The first-order chi connectivity index (χ1) is 17.8. The van der Waals surface area contributed by atoms with Crippen molar-refractivity contribution in [3.63, 3.8) is 0 Å². The zero-order chi connectivity index (χ0) is 25.8. The summed E-state index contributed by atoms with van der Waals surface area (Å²) >= 11 is 0. The van der Waals surface area contributed by atoms with Crippen LogP contribution in [0, 0.1) is 0 Å². The van der Waals surface area contributed by atoms with Crippen molar-refractivity contribution >= 4 is 27.9 Å². The summed E-state index contributed by atoms with van der Waals surface area (Å²) in [6.45, 7) is 5.80. The Kier molecular flexibility index (Phi) is 6.77. The van der Waals surface area contributed by atoms with Crippen LogP contribution in [0.5, 0.6) is 5.75 Å². The highest BCUT2D eigenvalue weighted by Gasteiger charge is 2.21. The Bertz CT molecular complexity index is 1520. The quantitative estimate of drug-likeness (QED) is 0.277. The average Bonchev–Trinajstić information content (AvgIpc) is 3.29. The first-order valence-electron chi connectivity index (χ1n) is 12.3. The minimum Gasteiger partial charge on any atom is -0.490 e. The fraction of sp³-hybridized carbons (Fsp3) is 0.233. The molecule has 1 amide bonds. The number of hydrogen-bond donors (Lipinski definition) is 2. The number of fused-ring (bicyclic) bond motifs is 2. The van der Waals surface area contributed by atoms with Crippen LogP contribution in [-0.4, -0.2) is 39.3 Å². The summed E-state index contributed by atoms with van der Waals surface area (Å²) in [6, 6.07) is 19.9. The molecule has 2 N–H and O–H groups in total. The largest absolute Gasteiger partial charge is 0.490 e. The van der Waals surface area contributed by atoms with Crippen LogP contribution in [0.1, 0.15) is 26.3 Å². The van der Waals surface area contributed by atoms with Crippen LogP contribution in [-0.2, 0) is 11.2 Å². The molecule has 0 bridgehead atoms. The maximum Gasteiger partial charge on any atom is 0.408 e. The van der Waals surface area contributed by atoms with Crippen molar-refractivity contribution in [1.82, 2.24) is 20.3 Å². The minimum absolute atomic E-state index is 0.260. The second kappa shape index (κ2) is 10.3. The van der Waals surface area contributed by atoms with E-state index in [2.05, 4.69) is 32.4 Å². The standard InChI is InChI=1S/C30H30N4O3/c1-30(2,3)37-29(35)34-24(15-23-17-32-28-7-5-4-6-26(23)28)19-36-25-16-22-14-21(8-9-27(22)33-18-25)20-10-12-31-13-11-20/h4-14,16-18,24,32H,15,19H2,1-3H3,(H,34,35)/t24-/m0/s1. The van der Waals surface area contributed by atoms with Gasteiger partial charge in [0, 0.05) is 34.9 Å². The molecule has 0 unspecified atom stereocenters. The Balaban J connectivity index is 1.35. The van der Waals surface area contributed by atoms with Gasteiger partial charge in [-0.3, -0.25) is 9.97 Å². The Morgan fingerprint density at radius 1 is 1.03 bits per heavy atom. The molecule has 5 rings (SSSR count). The van der Waals surface area contributed by atoms with Crippen molar-refractivity contribution in [3.05, 3.63) is 91.0 Å². The number of H-pyrrole nitrogens is 1. The smallest absolute Gasteiger partial charge is 0.408 e. The van der Waals surface area contributed by atoms with E-state index in [4.69, 9.17) is 9.47 Å². The number of nitrogens with zero attached hydrogens (tertiary/aromatic N) is 2. The zero-order valence-corrected chi connectivity index (χ0v) is 21.2. The first kappa shape index (κ1) is 24.3. The maximum atomic E-state index is 12.6. The molecular formula is C30H30N4O3. The van der Waals surface area contributed by atoms with Crippen molar-refractivity contribution in [2.24, 2.45) is 0 Å².